The molecule has 4 nitrogen and oxygen atoms in total. The molecular formula is C21H26N2O2. The Labute approximate surface area is 149 Å². The summed E-state index contributed by atoms with van der Waals surface area (Å²) < 4.78 is 0. The van der Waals surface area contributed by atoms with Gasteiger partial charge in [0.1, 0.15) is 6.54 Å². The minimum atomic E-state index is -0.193. The van der Waals surface area contributed by atoms with Gasteiger partial charge in [-0.3, -0.25) is 9.59 Å². The van der Waals surface area contributed by atoms with Gasteiger partial charge in [-0.1, -0.05) is 50.2 Å². The van der Waals surface area contributed by atoms with Crippen LogP contribution in [0.25, 0.3) is 0 Å². The highest BCUT2D eigenvalue weighted by molar-refractivity contribution is 5.94. The van der Waals surface area contributed by atoms with Crippen LogP contribution >= 0.6 is 0 Å². The zero-order valence-electron chi connectivity index (χ0n) is 15.4. The van der Waals surface area contributed by atoms with Crippen molar-refractivity contribution in [3.8, 4) is 0 Å². The van der Waals surface area contributed by atoms with Crippen LogP contribution in [0, 0.1) is 6.92 Å². The molecule has 0 radical (unpaired) electrons. The van der Waals surface area contributed by atoms with Crippen molar-refractivity contribution in [2.45, 2.75) is 40.2 Å². The van der Waals surface area contributed by atoms with Gasteiger partial charge in [0.25, 0.3) is 0 Å². The number of benzene rings is 2. The van der Waals surface area contributed by atoms with Crippen molar-refractivity contribution in [2.75, 3.05) is 11.9 Å². The highest BCUT2D eigenvalue weighted by atomic mass is 16.2. The molecule has 0 spiro atoms. The van der Waals surface area contributed by atoms with Crippen molar-refractivity contribution in [3.63, 3.8) is 0 Å². The van der Waals surface area contributed by atoms with Gasteiger partial charge in [0.2, 0.25) is 11.8 Å². The maximum atomic E-state index is 12.3. The van der Waals surface area contributed by atoms with Gasteiger partial charge in [0.15, 0.2) is 0 Å². The molecule has 0 aliphatic carbocycles. The Morgan fingerprint density at radius 1 is 1.04 bits per heavy atom. The predicted molar refractivity (Wildman–Crippen MR) is 101 cm³/mol. The van der Waals surface area contributed by atoms with Crippen LogP contribution in [-0.4, -0.2) is 23.3 Å². The zero-order valence-corrected chi connectivity index (χ0v) is 15.4. The lowest BCUT2D eigenvalue weighted by molar-refractivity contribution is -0.133. The number of amides is 2. The number of nitrogens with one attached hydrogen (secondary N) is 1. The molecule has 0 aliphatic heterocycles. The van der Waals surface area contributed by atoms with Gasteiger partial charge in [-0.15, -0.1) is 0 Å². The molecule has 0 bridgehead atoms. The van der Waals surface area contributed by atoms with Crippen LogP contribution in [0.2, 0.25) is 0 Å². The summed E-state index contributed by atoms with van der Waals surface area (Å²) in [4.78, 5) is 25.8. The average molecular weight is 338 g/mol. The molecule has 2 aromatic carbocycles. The standard InChI is InChI=1S/C21H26N2O2/c1-15(2)18-9-11-20(12-10-18)22-21(25)14-23(17(4)24)13-19-8-6-5-7-16(19)3/h5-12,15H,13-14H2,1-4H3,(H,22,25). The van der Waals surface area contributed by atoms with E-state index in [-0.39, 0.29) is 18.4 Å². The molecule has 0 fully saturated rings. The summed E-state index contributed by atoms with van der Waals surface area (Å²) in [6.07, 6.45) is 0. The topological polar surface area (TPSA) is 49.4 Å². The fourth-order valence-corrected chi connectivity index (χ4v) is 2.60. The second-order valence-electron chi connectivity index (χ2n) is 6.63. The van der Waals surface area contributed by atoms with Crippen molar-refractivity contribution < 1.29 is 9.59 Å². The summed E-state index contributed by atoms with van der Waals surface area (Å²) in [7, 11) is 0. The lowest BCUT2D eigenvalue weighted by atomic mass is 10.0. The number of carbonyl (C=O) groups is 2. The second kappa shape index (κ2) is 8.47. The number of hydrogen-bond acceptors (Lipinski definition) is 2. The number of hydrogen-bond donors (Lipinski definition) is 1. The number of anilines is 1. The Hall–Kier alpha value is -2.62. The molecule has 0 unspecified atom stereocenters. The number of aryl methyl sites for hydroxylation is 1. The van der Waals surface area contributed by atoms with Gasteiger partial charge in [-0.25, -0.2) is 0 Å². The smallest absolute Gasteiger partial charge is 0.244 e. The van der Waals surface area contributed by atoms with Gasteiger partial charge in [0, 0.05) is 19.2 Å². The van der Waals surface area contributed by atoms with Crippen molar-refractivity contribution in [3.05, 3.63) is 65.2 Å². The monoisotopic (exact) mass is 338 g/mol. The second-order valence-corrected chi connectivity index (χ2v) is 6.63. The average Bonchev–Trinajstić information content (AvgIpc) is 2.56. The summed E-state index contributed by atoms with van der Waals surface area (Å²) in [6.45, 7) is 8.22. The third kappa shape index (κ3) is 5.45. The summed E-state index contributed by atoms with van der Waals surface area (Å²) in [6, 6.07) is 15.7. The number of nitrogens with zero attached hydrogens (tertiary/aromatic N) is 1. The number of carbonyl (C=O) groups excluding carboxylic acids is 2. The van der Waals surface area contributed by atoms with E-state index in [0.717, 1.165) is 16.8 Å². The summed E-state index contributed by atoms with van der Waals surface area (Å²) >= 11 is 0. The Kier molecular flexibility index (Phi) is 6.34. The molecule has 0 heterocycles. The Morgan fingerprint density at radius 3 is 2.24 bits per heavy atom. The van der Waals surface area contributed by atoms with Crippen molar-refractivity contribution in [2.24, 2.45) is 0 Å². The fourth-order valence-electron chi connectivity index (χ4n) is 2.60. The normalized spacial score (nSPS) is 10.6. The molecule has 0 saturated carbocycles. The first kappa shape index (κ1) is 18.7. The summed E-state index contributed by atoms with van der Waals surface area (Å²) in [5, 5.41) is 2.86. The van der Waals surface area contributed by atoms with Gasteiger partial charge in [-0.05, 0) is 41.7 Å². The highest BCUT2D eigenvalue weighted by Gasteiger charge is 2.15. The van der Waals surface area contributed by atoms with Crippen LogP contribution in [0.15, 0.2) is 48.5 Å². The lowest BCUT2D eigenvalue weighted by Gasteiger charge is -2.21. The Bertz CT molecular complexity index is 736. The van der Waals surface area contributed by atoms with Gasteiger partial charge in [-0.2, -0.15) is 0 Å². The molecule has 132 valence electrons. The van der Waals surface area contributed by atoms with Crippen LogP contribution in [0.3, 0.4) is 0 Å². The van der Waals surface area contributed by atoms with Gasteiger partial charge < -0.3 is 10.2 Å². The Balaban J connectivity index is 2.00. The molecule has 1 N–H and O–H groups in total. The maximum Gasteiger partial charge on any atom is 0.244 e. The van der Waals surface area contributed by atoms with Crippen LogP contribution in [0.5, 0.6) is 0 Å². The first-order valence-electron chi connectivity index (χ1n) is 8.56. The van der Waals surface area contributed by atoms with E-state index in [2.05, 4.69) is 19.2 Å². The van der Waals surface area contributed by atoms with E-state index in [4.69, 9.17) is 0 Å². The molecule has 0 aromatic heterocycles. The van der Waals surface area contributed by atoms with E-state index in [9.17, 15) is 9.59 Å². The van der Waals surface area contributed by atoms with E-state index in [1.807, 2.05) is 55.5 Å². The summed E-state index contributed by atoms with van der Waals surface area (Å²) in [5.41, 5.74) is 4.13. The maximum absolute atomic E-state index is 12.3. The molecular weight excluding hydrogens is 312 g/mol. The van der Waals surface area contributed by atoms with Gasteiger partial charge >= 0.3 is 0 Å². The summed E-state index contributed by atoms with van der Waals surface area (Å²) in [5.74, 6) is 0.140. The van der Waals surface area contributed by atoms with Crippen LogP contribution in [0.4, 0.5) is 5.69 Å². The molecule has 2 aromatic rings. The molecule has 4 heteroatoms. The predicted octanol–water partition coefficient (Wildman–Crippen LogP) is 4.11. The van der Waals surface area contributed by atoms with Crippen LogP contribution in [-0.2, 0) is 16.1 Å². The number of rotatable bonds is 6. The van der Waals surface area contributed by atoms with E-state index in [1.54, 1.807) is 4.90 Å². The first-order chi connectivity index (χ1) is 11.9. The molecule has 25 heavy (non-hydrogen) atoms. The lowest BCUT2D eigenvalue weighted by Crippen LogP contribution is -2.36. The third-order valence-electron chi connectivity index (χ3n) is 4.26. The SMILES string of the molecule is CC(=O)N(CC(=O)Nc1ccc(C(C)C)cc1)Cc1ccccc1C. The molecule has 2 rings (SSSR count). The van der Waals surface area contributed by atoms with Gasteiger partial charge in [0.05, 0.1) is 0 Å². The van der Waals surface area contributed by atoms with Crippen LogP contribution in [0.1, 0.15) is 43.4 Å². The van der Waals surface area contributed by atoms with Crippen molar-refractivity contribution in [1.82, 2.24) is 4.90 Å². The zero-order chi connectivity index (χ0) is 18.4. The van der Waals surface area contributed by atoms with E-state index in [0.29, 0.717) is 12.5 Å². The molecule has 0 aliphatic rings. The highest BCUT2D eigenvalue weighted by Crippen LogP contribution is 2.17. The quantitative estimate of drug-likeness (QED) is 0.862. The van der Waals surface area contributed by atoms with E-state index >= 15 is 0 Å². The van der Waals surface area contributed by atoms with Crippen molar-refractivity contribution >= 4 is 17.5 Å². The molecule has 2 amide bonds. The molecule has 0 saturated heterocycles. The van der Waals surface area contributed by atoms with Crippen molar-refractivity contribution in [1.29, 1.82) is 0 Å². The largest absolute Gasteiger partial charge is 0.329 e. The third-order valence-corrected chi connectivity index (χ3v) is 4.26. The Morgan fingerprint density at radius 2 is 1.68 bits per heavy atom. The first-order valence-corrected chi connectivity index (χ1v) is 8.56. The van der Waals surface area contributed by atoms with Crippen LogP contribution < -0.4 is 5.32 Å². The van der Waals surface area contributed by atoms with E-state index in [1.165, 1.54) is 12.5 Å². The fraction of sp³-hybridized carbons (Fsp3) is 0.333. The minimum Gasteiger partial charge on any atom is -0.329 e. The molecule has 0 atom stereocenters. The van der Waals surface area contributed by atoms with E-state index < -0.39 is 0 Å². The minimum absolute atomic E-state index is 0.0373.